The minimum Gasteiger partial charge on any atom is -0.493 e. The normalized spacial score (nSPS) is 13.4. The van der Waals surface area contributed by atoms with E-state index in [2.05, 4.69) is 10.3 Å². The number of nitrogens with one attached hydrogen (secondary N) is 1. The van der Waals surface area contributed by atoms with Gasteiger partial charge in [-0.05, 0) is 54.8 Å². The lowest BCUT2D eigenvalue weighted by molar-refractivity contribution is 0.113. The van der Waals surface area contributed by atoms with Crippen molar-refractivity contribution >= 4 is 34.9 Å². The Bertz CT molecular complexity index is 1040. The number of urea groups is 1. The van der Waals surface area contributed by atoms with E-state index in [1.165, 1.54) is 6.20 Å². The van der Waals surface area contributed by atoms with Gasteiger partial charge in [-0.15, -0.1) is 0 Å². The molecule has 0 aliphatic carbocycles. The fourth-order valence-corrected chi connectivity index (χ4v) is 3.47. The van der Waals surface area contributed by atoms with Gasteiger partial charge in [-0.3, -0.25) is 4.98 Å². The van der Waals surface area contributed by atoms with Gasteiger partial charge in [0.2, 0.25) is 0 Å². The molecule has 0 atom stereocenters. The van der Waals surface area contributed by atoms with Gasteiger partial charge in [0.05, 0.1) is 23.5 Å². The van der Waals surface area contributed by atoms with E-state index in [-0.39, 0.29) is 6.03 Å². The van der Waals surface area contributed by atoms with Gasteiger partial charge < -0.3 is 19.7 Å². The van der Waals surface area contributed by atoms with E-state index in [4.69, 9.17) is 32.7 Å². The first-order valence-electron chi connectivity index (χ1n) is 9.88. The van der Waals surface area contributed by atoms with Crippen molar-refractivity contribution in [2.24, 2.45) is 5.92 Å². The third-order valence-electron chi connectivity index (χ3n) is 4.90. The van der Waals surface area contributed by atoms with Crippen LogP contribution in [0.4, 0.5) is 10.5 Å². The van der Waals surface area contributed by atoms with Crippen molar-refractivity contribution in [1.82, 2.24) is 9.88 Å². The monoisotopic (exact) mass is 457 g/mol. The Labute approximate surface area is 190 Å². The highest BCUT2D eigenvalue weighted by Gasteiger charge is 2.30. The van der Waals surface area contributed by atoms with Crippen molar-refractivity contribution < 1.29 is 14.3 Å². The van der Waals surface area contributed by atoms with E-state index < -0.39 is 0 Å². The number of halogens is 2. The van der Waals surface area contributed by atoms with Crippen molar-refractivity contribution in [1.29, 1.82) is 0 Å². The van der Waals surface area contributed by atoms with E-state index in [1.807, 2.05) is 36.4 Å². The summed E-state index contributed by atoms with van der Waals surface area (Å²) in [4.78, 5) is 18.0. The summed E-state index contributed by atoms with van der Waals surface area (Å²) in [5, 5.41) is 3.92. The van der Waals surface area contributed by atoms with Gasteiger partial charge >= 0.3 is 6.03 Å². The second-order valence-corrected chi connectivity index (χ2v) is 8.07. The van der Waals surface area contributed by atoms with Crippen molar-refractivity contribution in [2.45, 2.75) is 6.42 Å². The lowest BCUT2D eigenvalue weighted by Crippen LogP contribution is -2.52. The summed E-state index contributed by atoms with van der Waals surface area (Å²) in [6, 6.07) is 16.2. The lowest BCUT2D eigenvalue weighted by atomic mass is 9.97. The molecule has 1 aliphatic heterocycles. The third-order valence-corrected chi connectivity index (χ3v) is 5.49. The smallest absolute Gasteiger partial charge is 0.321 e. The van der Waals surface area contributed by atoms with Crippen LogP contribution in [0.2, 0.25) is 10.0 Å². The van der Waals surface area contributed by atoms with Gasteiger partial charge in [0.15, 0.2) is 0 Å². The van der Waals surface area contributed by atoms with Gasteiger partial charge in [0, 0.05) is 30.4 Å². The van der Waals surface area contributed by atoms with Crippen LogP contribution >= 0.6 is 23.2 Å². The molecular weight excluding hydrogens is 437 g/mol. The van der Waals surface area contributed by atoms with Crippen LogP contribution in [0.3, 0.4) is 0 Å². The highest BCUT2D eigenvalue weighted by atomic mass is 35.5. The number of amides is 2. The number of rotatable bonds is 7. The van der Waals surface area contributed by atoms with Crippen molar-refractivity contribution in [2.75, 3.05) is 25.0 Å². The second-order valence-electron chi connectivity index (χ2n) is 7.22. The largest absolute Gasteiger partial charge is 0.493 e. The zero-order valence-corrected chi connectivity index (χ0v) is 18.1. The number of aromatic nitrogens is 1. The Kier molecular flexibility index (Phi) is 6.79. The molecule has 0 radical (unpaired) electrons. The zero-order valence-electron chi connectivity index (χ0n) is 16.6. The van der Waals surface area contributed by atoms with Crippen molar-refractivity contribution in [3.8, 4) is 17.2 Å². The average Bonchev–Trinajstić information content (AvgIpc) is 2.73. The highest BCUT2D eigenvalue weighted by molar-refractivity contribution is 6.33. The highest BCUT2D eigenvalue weighted by Crippen LogP contribution is 2.27. The van der Waals surface area contributed by atoms with Gasteiger partial charge in [-0.25, -0.2) is 4.79 Å². The molecule has 0 saturated carbocycles. The summed E-state index contributed by atoms with van der Waals surface area (Å²) >= 11 is 11.9. The molecule has 1 saturated heterocycles. The molecule has 0 spiro atoms. The fraction of sp³-hybridized carbons (Fsp3) is 0.217. The van der Waals surface area contributed by atoms with Crippen LogP contribution in [0.1, 0.15) is 6.42 Å². The van der Waals surface area contributed by atoms with E-state index in [9.17, 15) is 4.79 Å². The lowest BCUT2D eigenvalue weighted by Gasteiger charge is -2.39. The second kappa shape index (κ2) is 9.90. The Morgan fingerprint density at radius 2 is 1.84 bits per heavy atom. The van der Waals surface area contributed by atoms with E-state index >= 15 is 0 Å². The third kappa shape index (κ3) is 5.81. The molecule has 6 nitrogen and oxygen atoms in total. The number of ether oxygens (including phenoxy) is 2. The first-order valence-corrected chi connectivity index (χ1v) is 10.6. The minimum absolute atomic E-state index is 0.167. The fourth-order valence-electron chi connectivity index (χ4n) is 3.19. The molecule has 2 aromatic carbocycles. The van der Waals surface area contributed by atoms with Crippen LogP contribution in [0.5, 0.6) is 17.2 Å². The standard InChI is InChI=1S/C23H21Cl2N3O3/c24-17-4-6-18(7-5-17)31-20-3-1-2-19(12-20)30-11-9-16-14-28(15-16)23(29)27-22-13-26-10-8-21(22)25/h1-8,10,12-13,16H,9,11,14-15H2,(H,27,29). The summed E-state index contributed by atoms with van der Waals surface area (Å²) in [6.45, 7) is 1.94. The molecule has 2 heterocycles. The molecule has 1 aliphatic rings. The van der Waals surface area contributed by atoms with Gasteiger partial charge in [-0.1, -0.05) is 29.3 Å². The topological polar surface area (TPSA) is 63.7 Å². The maximum Gasteiger partial charge on any atom is 0.321 e. The summed E-state index contributed by atoms with van der Waals surface area (Å²) in [5.41, 5.74) is 0.515. The maximum atomic E-state index is 12.3. The summed E-state index contributed by atoms with van der Waals surface area (Å²) in [7, 11) is 0. The number of nitrogens with zero attached hydrogens (tertiary/aromatic N) is 2. The molecule has 2 amide bonds. The predicted molar refractivity (Wildman–Crippen MR) is 121 cm³/mol. The molecule has 8 heteroatoms. The Balaban J connectivity index is 1.19. The minimum atomic E-state index is -0.167. The van der Waals surface area contributed by atoms with Crippen LogP contribution in [0, 0.1) is 5.92 Å². The number of pyridine rings is 1. The summed E-state index contributed by atoms with van der Waals surface area (Å²) in [5.74, 6) is 2.55. The number of carbonyl (C=O) groups is 1. The molecule has 31 heavy (non-hydrogen) atoms. The SMILES string of the molecule is O=C(Nc1cnccc1Cl)N1CC(CCOc2cccc(Oc3ccc(Cl)cc3)c2)C1. The van der Waals surface area contributed by atoms with Crippen LogP contribution in [-0.2, 0) is 0 Å². The van der Waals surface area contributed by atoms with Gasteiger partial charge in [0.1, 0.15) is 17.2 Å². The Hall–Kier alpha value is -2.96. The molecular formula is C23H21Cl2N3O3. The summed E-state index contributed by atoms with van der Waals surface area (Å²) in [6.07, 6.45) is 3.98. The zero-order chi connectivity index (χ0) is 21.6. The van der Waals surface area contributed by atoms with E-state index in [1.54, 1.807) is 29.3 Å². The first-order chi connectivity index (χ1) is 15.1. The number of hydrogen-bond donors (Lipinski definition) is 1. The van der Waals surface area contributed by atoms with Crippen molar-refractivity contribution in [3.05, 3.63) is 77.0 Å². The maximum absolute atomic E-state index is 12.3. The van der Waals surface area contributed by atoms with E-state index in [0.717, 1.165) is 12.2 Å². The molecule has 3 aromatic rings. The number of carbonyl (C=O) groups excluding carboxylic acids is 1. The summed E-state index contributed by atoms with van der Waals surface area (Å²) < 4.78 is 11.7. The number of likely N-dealkylation sites (tertiary alicyclic amines) is 1. The van der Waals surface area contributed by atoms with Crippen LogP contribution < -0.4 is 14.8 Å². The Morgan fingerprint density at radius 3 is 2.61 bits per heavy atom. The molecule has 1 N–H and O–H groups in total. The quantitative estimate of drug-likeness (QED) is 0.464. The number of anilines is 1. The van der Waals surface area contributed by atoms with Crippen molar-refractivity contribution in [3.63, 3.8) is 0 Å². The molecule has 4 rings (SSSR count). The molecule has 0 unspecified atom stereocenters. The van der Waals surface area contributed by atoms with Crippen LogP contribution in [0.15, 0.2) is 67.0 Å². The molecule has 0 bridgehead atoms. The molecule has 1 aromatic heterocycles. The molecule has 1 fully saturated rings. The van der Waals surface area contributed by atoms with Crippen LogP contribution in [-0.4, -0.2) is 35.6 Å². The number of hydrogen-bond acceptors (Lipinski definition) is 4. The Morgan fingerprint density at radius 1 is 1.06 bits per heavy atom. The van der Waals surface area contributed by atoms with Gasteiger partial charge in [-0.2, -0.15) is 0 Å². The first kappa shape index (κ1) is 21.3. The number of benzene rings is 2. The van der Waals surface area contributed by atoms with Gasteiger partial charge in [0.25, 0.3) is 0 Å². The predicted octanol–water partition coefficient (Wildman–Crippen LogP) is 6.11. The molecule has 160 valence electrons. The average molecular weight is 458 g/mol. The van der Waals surface area contributed by atoms with E-state index in [0.29, 0.717) is 52.8 Å². The van der Waals surface area contributed by atoms with Crippen LogP contribution in [0.25, 0.3) is 0 Å².